The topological polar surface area (TPSA) is 87.7 Å². The first-order valence-corrected chi connectivity index (χ1v) is 10.8. The Kier molecular flexibility index (Phi) is 4.79. The Bertz CT molecular complexity index is 776. The second-order valence-electron chi connectivity index (χ2n) is 7.33. The fraction of sp³-hybridized carbons (Fsp3) is 0.611. The van der Waals surface area contributed by atoms with Crippen LogP contribution in [0.2, 0.25) is 0 Å². The highest BCUT2D eigenvalue weighted by molar-refractivity contribution is 7.89. The van der Waals surface area contributed by atoms with Gasteiger partial charge in [-0.2, -0.15) is 0 Å². The summed E-state index contributed by atoms with van der Waals surface area (Å²) < 4.78 is 34.1. The lowest BCUT2D eigenvalue weighted by molar-refractivity contribution is 0.156. The number of ether oxygens (including phenoxy) is 1. The molecule has 4 rings (SSSR count). The highest BCUT2D eigenvalue weighted by Crippen LogP contribution is 2.31. The number of sulfonamides is 1. The van der Waals surface area contributed by atoms with Crippen molar-refractivity contribution in [2.45, 2.75) is 61.6 Å². The molecule has 0 radical (unpaired) electrons. The third-order valence-electron chi connectivity index (χ3n) is 5.54. The Hall–Kier alpha value is -1.80. The molecule has 1 aromatic carbocycles. The number of likely N-dealkylation sites (tertiary alicyclic amines) is 1. The fourth-order valence-electron chi connectivity index (χ4n) is 4.09. The quantitative estimate of drug-likeness (QED) is 0.779. The molecule has 142 valence electrons. The molecule has 1 aromatic rings. The minimum Gasteiger partial charge on any atom is -0.487 e. The smallest absolute Gasteiger partial charge is 0.317 e. The molecule has 2 aliphatic heterocycles. The maximum Gasteiger partial charge on any atom is 0.317 e. The van der Waals surface area contributed by atoms with Crippen molar-refractivity contribution in [1.29, 1.82) is 0 Å². The van der Waals surface area contributed by atoms with Crippen molar-refractivity contribution in [3.8, 4) is 5.75 Å². The third kappa shape index (κ3) is 3.53. The summed E-state index contributed by atoms with van der Waals surface area (Å²) in [5, 5.41) is 3.11. The molecular weight excluding hydrogens is 354 g/mol. The standard InChI is InChI=1S/C18H25N3O4S/c22-18(19-13-5-1-2-6-13)21-11-9-14-15(10-12-21)25-16-7-3-4-8-17(16)26(23,24)20-14/h3-4,7-8,13-15,20H,1-2,5-6,9-12H2,(H,19,22)/t14-,15-/m0/s1. The molecule has 1 aliphatic carbocycles. The summed E-state index contributed by atoms with van der Waals surface area (Å²) in [6.07, 6.45) is 5.29. The first-order chi connectivity index (χ1) is 12.5. The second-order valence-corrected chi connectivity index (χ2v) is 9.01. The van der Waals surface area contributed by atoms with Crippen LogP contribution >= 0.6 is 0 Å². The summed E-state index contributed by atoms with van der Waals surface area (Å²) >= 11 is 0. The number of hydrogen-bond donors (Lipinski definition) is 2. The number of carbonyl (C=O) groups excluding carboxylic acids is 1. The van der Waals surface area contributed by atoms with Gasteiger partial charge in [0, 0.05) is 25.6 Å². The number of benzene rings is 1. The van der Waals surface area contributed by atoms with E-state index in [1.165, 1.54) is 12.8 Å². The van der Waals surface area contributed by atoms with E-state index in [9.17, 15) is 13.2 Å². The molecule has 3 aliphatic rings. The van der Waals surface area contributed by atoms with Crippen molar-refractivity contribution in [3.05, 3.63) is 24.3 Å². The lowest BCUT2D eigenvalue weighted by atomic mass is 10.1. The maximum atomic E-state index is 12.6. The number of rotatable bonds is 1. The fourth-order valence-corrected chi connectivity index (χ4v) is 5.52. The average molecular weight is 379 g/mol. The van der Waals surface area contributed by atoms with Gasteiger partial charge in [0.05, 0.1) is 6.04 Å². The molecular formula is C18H25N3O4S. The molecule has 8 heteroatoms. The molecule has 0 spiro atoms. The van der Waals surface area contributed by atoms with Crippen molar-refractivity contribution in [1.82, 2.24) is 14.9 Å². The molecule has 2 fully saturated rings. The highest BCUT2D eigenvalue weighted by Gasteiger charge is 2.37. The van der Waals surface area contributed by atoms with Crippen LogP contribution in [-0.4, -0.2) is 50.6 Å². The number of nitrogens with one attached hydrogen (secondary N) is 2. The summed E-state index contributed by atoms with van der Waals surface area (Å²) in [4.78, 5) is 14.5. The number of fused-ring (bicyclic) bond motifs is 2. The Morgan fingerprint density at radius 2 is 1.85 bits per heavy atom. The Morgan fingerprint density at radius 1 is 1.12 bits per heavy atom. The molecule has 26 heavy (non-hydrogen) atoms. The van der Waals surface area contributed by atoms with Crippen molar-refractivity contribution in [3.63, 3.8) is 0 Å². The van der Waals surface area contributed by atoms with Gasteiger partial charge in [0.1, 0.15) is 16.7 Å². The van der Waals surface area contributed by atoms with Gasteiger partial charge >= 0.3 is 6.03 Å². The average Bonchev–Trinajstić information content (AvgIpc) is 3.00. The van der Waals surface area contributed by atoms with Gasteiger partial charge in [0.2, 0.25) is 10.0 Å². The molecule has 1 saturated carbocycles. The summed E-state index contributed by atoms with van der Waals surface area (Å²) in [6, 6.07) is 6.60. The monoisotopic (exact) mass is 379 g/mol. The zero-order valence-corrected chi connectivity index (χ0v) is 15.5. The molecule has 2 amide bonds. The second kappa shape index (κ2) is 7.08. The van der Waals surface area contributed by atoms with Crippen LogP contribution in [0.4, 0.5) is 4.79 Å². The SMILES string of the molecule is O=C(NC1CCCC1)N1CC[C@@H]2NS(=O)(=O)c3ccccc3O[C@H]2CC1. The molecule has 2 atom stereocenters. The van der Waals surface area contributed by atoms with Crippen LogP contribution in [0.5, 0.6) is 5.75 Å². The zero-order chi connectivity index (χ0) is 18.1. The Labute approximate surface area is 154 Å². The van der Waals surface area contributed by atoms with E-state index in [0.717, 1.165) is 12.8 Å². The van der Waals surface area contributed by atoms with Crippen molar-refractivity contribution >= 4 is 16.1 Å². The lowest BCUT2D eigenvalue weighted by Crippen LogP contribution is -2.45. The zero-order valence-electron chi connectivity index (χ0n) is 14.7. The lowest BCUT2D eigenvalue weighted by Gasteiger charge is -2.23. The number of amides is 2. The normalized spacial score (nSPS) is 28.2. The van der Waals surface area contributed by atoms with E-state index in [1.54, 1.807) is 29.2 Å². The molecule has 2 heterocycles. The van der Waals surface area contributed by atoms with Crippen LogP contribution in [0.15, 0.2) is 29.2 Å². The van der Waals surface area contributed by atoms with Gasteiger partial charge in [0.15, 0.2) is 0 Å². The van der Waals surface area contributed by atoms with Crippen molar-refractivity contribution < 1.29 is 17.9 Å². The highest BCUT2D eigenvalue weighted by atomic mass is 32.2. The van der Waals surface area contributed by atoms with Crippen molar-refractivity contribution in [2.75, 3.05) is 13.1 Å². The Morgan fingerprint density at radius 3 is 2.65 bits per heavy atom. The van der Waals surface area contributed by atoms with Crippen LogP contribution < -0.4 is 14.8 Å². The van der Waals surface area contributed by atoms with Gasteiger partial charge < -0.3 is 15.0 Å². The van der Waals surface area contributed by atoms with E-state index in [-0.39, 0.29) is 29.1 Å². The molecule has 0 bridgehead atoms. The summed E-state index contributed by atoms with van der Waals surface area (Å²) in [6.45, 7) is 1.07. The van der Waals surface area contributed by atoms with Gasteiger partial charge in [-0.15, -0.1) is 0 Å². The van der Waals surface area contributed by atoms with Crippen LogP contribution in [0, 0.1) is 0 Å². The van der Waals surface area contributed by atoms with Crippen LogP contribution in [0.1, 0.15) is 38.5 Å². The first-order valence-electron chi connectivity index (χ1n) is 9.36. The third-order valence-corrected chi connectivity index (χ3v) is 7.07. The van der Waals surface area contributed by atoms with E-state index in [4.69, 9.17) is 4.74 Å². The molecule has 2 N–H and O–H groups in total. The predicted octanol–water partition coefficient (Wildman–Crippen LogP) is 1.84. The minimum atomic E-state index is -3.62. The number of urea groups is 1. The van der Waals surface area contributed by atoms with Crippen LogP contribution in [-0.2, 0) is 10.0 Å². The van der Waals surface area contributed by atoms with Gasteiger partial charge in [-0.3, -0.25) is 0 Å². The van der Waals surface area contributed by atoms with Crippen LogP contribution in [0.25, 0.3) is 0 Å². The van der Waals surface area contributed by atoms with Gasteiger partial charge in [-0.05, 0) is 31.4 Å². The van der Waals surface area contributed by atoms with Crippen LogP contribution in [0.3, 0.4) is 0 Å². The molecule has 0 aromatic heterocycles. The van der Waals surface area contributed by atoms with E-state index in [2.05, 4.69) is 10.0 Å². The summed E-state index contributed by atoms with van der Waals surface area (Å²) in [5.41, 5.74) is 0. The maximum absolute atomic E-state index is 12.6. The number of carbonyl (C=O) groups is 1. The predicted molar refractivity (Wildman–Crippen MR) is 96.6 cm³/mol. The minimum absolute atomic E-state index is 0.0448. The van der Waals surface area contributed by atoms with E-state index < -0.39 is 10.0 Å². The summed E-state index contributed by atoms with van der Waals surface area (Å²) in [7, 11) is -3.62. The summed E-state index contributed by atoms with van der Waals surface area (Å²) in [5.74, 6) is 0.386. The van der Waals surface area contributed by atoms with Gasteiger partial charge in [-0.25, -0.2) is 17.9 Å². The number of para-hydroxylation sites is 1. The number of nitrogens with zero attached hydrogens (tertiary/aromatic N) is 1. The first kappa shape index (κ1) is 17.6. The largest absolute Gasteiger partial charge is 0.487 e. The van der Waals surface area contributed by atoms with E-state index in [0.29, 0.717) is 31.7 Å². The Balaban J connectivity index is 1.47. The van der Waals surface area contributed by atoms with E-state index in [1.807, 2.05) is 0 Å². The van der Waals surface area contributed by atoms with E-state index >= 15 is 0 Å². The van der Waals surface area contributed by atoms with Gasteiger partial charge in [0.25, 0.3) is 0 Å². The molecule has 7 nitrogen and oxygen atoms in total. The van der Waals surface area contributed by atoms with Crippen molar-refractivity contribution in [2.24, 2.45) is 0 Å². The van der Waals surface area contributed by atoms with Gasteiger partial charge in [-0.1, -0.05) is 25.0 Å². The molecule has 1 saturated heterocycles. The molecule has 0 unspecified atom stereocenters. The number of hydrogen-bond acceptors (Lipinski definition) is 4.